The second kappa shape index (κ2) is 9.24. The van der Waals surface area contributed by atoms with Crippen molar-refractivity contribution in [3.63, 3.8) is 0 Å². The number of hydrogen-bond acceptors (Lipinski definition) is 7. The van der Waals surface area contributed by atoms with Crippen molar-refractivity contribution >= 4 is 50.3 Å². The van der Waals surface area contributed by atoms with E-state index in [0.717, 1.165) is 17.6 Å². The van der Waals surface area contributed by atoms with Gasteiger partial charge in [0.15, 0.2) is 14.7 Å². The van der Waals surface area contributed by atoms with Crippen LogP contribution in [0.4, 0.5) is 4.39 Å². The number of rotatable bonds is 8. The molecule has 2 N–H and O–H groups in total. The maximum Gasteiger partial charge on any atom is 0.253 e. The summed E-state index contributed by atoms with van der Waals surface area (Å²) in [7, 11) is -3.21. The lowest BCUT2D eigenvalue weighted by molar-refractivity contribution is -0.121. The van der Waals surface area contributed by atoms with Crippen LogP contribution in [0.1, 0.15) is 16.7 Å². The predicted octanol–water partition coefficient (Wildman–Crippen LogP) is 2.04. The van der Waals surface area contributed by atoms with Crippen molar-refractivity contribution in [1.82, 2.24) is 15.5 Å². The standard InChI is InChI=1S/C15H16Cl2FN3O4S2/c1-27(24,25)7-11-20-21-15(26-11)9-4-2-8(3-5-9)12(22)10(6-18)19-14(23)13(16)17/h2-5,10,12-13,22H,6-7H2,1H3,(H,19,23)/t10-,12+/m1/s1. The normalized spacial score (nSPS) is 14.1. The minimum absolute atomic E-state index is 0.193. The number of aliphatic hydroxyl groups is 1. The Hall–Kier alpha value is -1.33. The van der Waals surface area contributed by atoms with E-state index in [-0.39, 0.29) is 5.75 Å². The van der Waals surface area contributed by atoms with Crippen LogP contribution >= 0.6 is 34.5 Å². The lowest BCUT2D eigenvalue weighted by Crippen LogP contribution is -2.43. The third kappa shape index (κ3) is 6.35. The van der Waals surface area contributed by atoms with Crippen molar-refractivity contribution in [2.24, 2.45) is 0 Å². The quantitative estimate of drug-likeness (QED) is 0.589. The van der Waals surface area contributed by atoms with Gasteiger partial charge in [0.1, 0.15) is 28.5 Å². The largest absolute Gasteiger partial charge is 0.386 e. The zero-order chi connectivity index (χ0) is 20.2. The Morgan fingerprint density at radius 3 is 2.44 bits per heavy atom. The van der Waals surface area contributed by atoms with E-state index >= 15 is 0 Å². The van der Waals surface area contributed by atoms with Gasteiger partial charge in [0.2, 0.25) is 0 Å². The van der Waals surface area contributed by atoms with Gasteiger partial charge in [-0.15, -0.1) is 10.2 Å². The van der Waals surface area contributed by atoms with Crippen LogP contribution in [-0.2, 0) is 20.4 Å². The summed E-state index contributed by atoms with van der Waals surface area (Å²) in [6.45, 7) is -1.01. The van der Waals surface area contributed by atoms with Gasteiger partial charge in [-0.3, -0.25) is 4.79 Å². The van der Waals surface area contributed by atoms with E-state index < -0.39 is 39.4 Å². The van der Waals surface area contributed by atoms with E-state index in [1.165, 1.54) is 0 Å². The molecule has 0 aliphatic rings. The Balaban J connectivity index is 2.13. The molecule has 1 amide bonds. The van der Waals surface area contributed by atoms with Crippen molar-refractivity contribution in [3.05, 3.63) is 34.8 Å². The summed E-state index contributed by atoms with van der Waals surface area (Å²) in [5.74, 6) is -0.995. The Morgan fingerprint density at radius 1 is 1.30 bits per heavy atom. The highest BCUT2D eigenvalue weighted by molar-refractivity contribution is 7.90. The lowest BCUT2D eigenvalue weighted by atomic mass is 10.0. The fourth-order valence-corrected chi connectivity index (χ4v) is 4.31. The zero-order valence-electron chi connectivity index (χ0n) is 14.0. The van der Waals surface area contributed by atoms with Crippen LogP contribution in [0, 0.1) is 0 Å². The van der Waals surface area contributed by atoms with E-state index in [9.17, 15) is 22.7 Å². The van der Waals surface area contributed by atoms with Crippen LogP contribution in [0.25, 0.3) is 10.6 Å². The topological polar surface area (TPSA) is 109 Å². The Morgan fingerprint density at radius 2 is 1.93 bits per heavy atom. The maximum absolute atomic E-state index is 13.2. The summed E-state index contributed by atoms with van der Waals surface area (Å²) in [5, 5.41) is 21.2. The minimum atomic E-state index is -3.21. The van der Waals surface area contributed by atoms with Crippen molar-refractivity contribution < 1.29 is 22.7 Å². The molecule has 1 aromatic carbocycles. The summed E-state index contributed by atoms with van der Waals surface area (Å²) < 4.78 is 35.8. The number of amides is 1. The molecule has 0 saturated heterocycles. The van der Waals surface area contributed by atoms with Crippen LogP contribution in [0.2, 0.25) is 0 Å². The summed E-state index contributed by atoms with van der Waals surface area (Å²) >= 11 is 12.0. The lowest BCUT2D eigenvalue weighted by Gasteiger charge is -2.22. The fourth-order valence-electron chi connectivity index (χ4n) is 2.16. The molecule has 2 rings (SSSR count). The monoisotopic (exact) mass is 455 g/mol. The number of nitrogens with zero attached hydrogens (tertiary/aromatic N) is 2. The highest BCUT2D eigenvalue weighted by Crippen LogP contribution is 2.27. The average molecular weight is 456 g/mol. The molecule has 1 heterocycles. The fraction of sp³-hybridized carbons (Fsp3) is 0.400. The number of aromatic nitrogens is 2. The first-order valence-electron chi connectivity index (χ1n) is 7.53. The molecule has 0 aliphatic heterocycles. The maximum atomic E-state index is 13.2. The van der Waals surface area contributed by atoms with Gasteiger partial charge < -0.3 is 10.4 Å². The molecular formula is C15H16Cl2FN3O4S2. The van der Waals surface area contributed by atoms with E-state index in [2.05, 4.69) is 15.5 Å². The van der Waals surface area contributed by atoms with Crippen molar-refractivity contribution in [2.45, 2.75) is 22.7 Å². The van der Waals surface area contributed by atoms with Gasteiger partial charge in [0.05, 0.1) is 6.04 Å². The Kier molecular flexibility index (Phi) is 7.52. The van der Waals surface area contributed by atoms with Crippen molar-refractivity contribution in [2.75, 3.05) is 12.9 Å². The van der Waals surface area contributed by atoms with Gasteiger partial charge in [-0.05, 0) is 5.56 Å². The van der Waals surface area contributed by atoms with Gasteiger partial charge in [-0.1, -0.05) is 58.8 Å². The van der Waals surface area contributed by atoms with Crippen molar-refractivity contribution in [1.29, 1.82) is 0 Å². The van der Waals surface area contributed by atoms with Crippen LogP contribution < -0.4 is 5.32 Å². The molecule has 0 bridgehead atoms. The van der Waals surface area contributed by atoms with Gasteiger partial charge in [-0.2, -0.15) is 0 Å². The molecule has 0 fully saturated rings. The molecule has 7 nitrogen and oxygen atoms in total. The molecule has 2 aromatic rings. The van der Waals surface area contributed by atoms with E-state index in [1.54, 1.807) is 24.3 Å². The molecule has 2 atom stereocenters. The molecule has 27 heavy (non-hydrogen) atoms. The number of carbonyl (C=O) groups excluding carboxylic acids is 1. The number of sulfone groups is 1. The Labute approximate surface area is 169 Å². The third-order valence-electron chi connectivity index (χ3n) is 3.42. The molecule has 1 aromatic heterocycles. The average Bonchev–Trinajstić information content (AvgIpc) is 3.05. The number of alkyl halides is 3. The number of aliphatic hydroxyl groups excluding tert-OH is 1. The summed E-state index contributed by atoms with van der Waals surface area (Å²) in [6, 6.07) is 5.15. The predicted molar refractivity (Wildman–Crippen MR) is 102 cm³/mol. The number of benzene rings is 1. The summed E-state index contributed by atoms with van der Waals surface area (Å²) in [4.78, 5) is 10.1. The molecule has 0 saturated carbocycles. The smallest absolute Gasteiger partial charge is 0.253 e. The SMILES string of the molecule is CS(=O)(=O)Cc1nnc(-c2ccc([C@H](O)[C@@H](CF)NC(=O)C(Cl)Cl)cc2)s1. The highest BCUT2D eigenvalue weighted by Gasteiger charge is 2.25. The van der Waals surface area contributed by atoms with Gasteiger partial charge in [0.25, 0.3) is 5.91 Å². The molecule has 0 aliphatic carbocycles. The van der Waals surface area contributed by atoms with Crippen LogP contribution in [0.15, 0.2) is 24.3 Å². The third-order valence-corrected chi connectivity index (χ3v) is 5.77. The zero-order valence-corrected chi connectivity index (χ0v) is 17.1. The van der Waals surface area contributed by atoms with Crippen LogP contribution in [0.5, 0.6) is 0 Å². The van der Waals surface area contributed by atoms with E-state index in [4.69, 9.17) is 23.2 Å². The molecule has 12 heteroatoms. The first kappa shape index (κ1) is 22.0. The van der Waals surface area contributed by atoms with Gasteiger partial charge in [-0.25, -0.2) is 12.8 Å². The van der Waals surface area contributed by atoms with E-state index in [1.807, 2.05) is 0 Å². The first-order chi connectivity index (χ1) is 12.6. The number of nitrogens with one attached hydrogen (secondary N) is 1. The second-order valence-corrected chi connectivity index (χ2v) is 10.0. The van der Waals surface area contributed by atoms with Crippen molar-refractivity contribution in [3.8, 4) is 10.6 Å². The molecular weight excluding hydrogens is 440 g/mol. The Bertz CT molecular complexity index is 891. The van der Waals surface area contributed by atoms with Gasteiger partial charge >= 0.3 is 0 Å². The molecule has 0 spiro atoms. The number of hydrogen-bond donors (Lipinski definition) is 2. The molecule has 0 radical (unpaired) electrons. The first-order valence-corrected chi connectivity index (χ1v) is 11.3. The summed E-state index contributed by atoms with van der Waals surface area (Å²) in [5.41, 5.74) is 1.02. The summed E-state index contributed by atoms with van der Waals surface area (Å²) in [6.07, 6.45) is -0.198. The second-order valence-electron chi connectivity index (χ2n) is 5.71. The minimum Gasteiger partial charge on any atom is -0.386 e. The van der Waals surface area contributed by atoms with Crippen LogP contribution in [-0.4, -0.2) is 53.4 Å². The number of halogens is 3. The van der Waals surface area contributed by atoms with Crippen LogP contribution in [0.3, 0.4) is 0 Å². The number of carbonyl (C=O) groups is 1. The molecule has 148 valence electrons. The molecule has 0 unspecified atom stereocenters. The van der Waals surface area contributed by atoms with E-state index in [0.29, 0.717) is 21.1 Å². The van der Waals surface area contributed by atoms with Gasteiger partial charge in [0, 0.05) is 11.8 Å². The highest BCUT2D eigenvalue weighted by atomic mass is 35.5.